The number of hydrogen-bond donors (Lipinski definition) is 1. The van der Waals surface area contributed by atoms with Gasteiger partial charge in [0.05, 0.1) is 12.3 Å². The summed E-state index contributed by atoms with van der Waals surface area (Å²) in [5.74, 6) is 0.325. The van der Waals surface area contributed by atoms with Crippen LogP contribution in [0.25, 0.3) is 11.1 Å². The van der Waals surface area contributed by atoms with Crippen LogP contribution >= 0.6 is 0 Å². The fourth-order valence-electron chi connectivity index (χ4n) is 2.39. The van der Waals surface area contributed by atoms with Gasteiger partial charge in [0.2, 0.25) is 0 Å². The van der Waals surface area contributed by atoms with Crippen molar-refractivity contribution in [2.75, 3.05) is 11.9 Å². The number of amidine groups is 1. The molecule has 1 N–H and O–H groups in total. The van der Waals surface area contributed by atoms with Crippen molar-refractivity contribution in [3.05, 3.63) is 48.5 Å². The minimum Gasteiger partial charge on any atom is -0.466 e. The number of para-hydroxylation sites is 2. The van der Waals surface area contributed by atoms with Crippen molar-refractivity contribution in [1.82, 2.24) is 0 Å². The van der Waals surface area contributed by atoms with E-state index < -0.39 is 0 Å². The molecule has 0 radical (unpaired) electrons. The number of benzene rings is 2. The maximum Gasteiger partial charge on any atom is 0.313 e. The first-order valence-corrected chi connectivity index (χ1v) is 6.96. The number of ether oxygens (including phenoxy) is 1. The summed E-state index contributed by atoms with van der Waals surface area (Å²) in [5.41, 5.74) is 3.94. The van der Waals surface area contributed by atoms with Crippen molar-refractivity contribution < 1.29 is 9.53 Å². The van der Waals surface area contributed by atoms with Crippen LogP contribution in [0.4, 0.5) is 11.4 Å². The number of carbonyl (C=O) groups is 1. The van der Waals surface area contributed by atoms with Crippen LogP contribution < -0.4 is 5.32 Å². The zero-order valence-electron chi connectivity index (χ0n) is 11.8. The highest BCUT2D eigenvalue weighted by molar-refractivity contribution is 6.10. The summed E-state index contributed by atoms with van der Waals surface area (Å²) in [6.07, 6.45) is 0.135. The first kappa shape index (κ1) is 13.4. The lowest BCUT2D eigenvalue weighted by atomic mass is 10.0. The van der Waals surface area contributed by atoms with E-state index in [4.69, 9.17) is 4.74 Å². The molecular weight excluding hydrogens is 264 g/mol. The minimum absolute atomic E-state index is 0.135. The first-order valence-electron chi connectivity index (χ1n) is 6.96. The molecule has 4 nitrogen and oxygen atoms in total. The highest BCUT2D eigenvalue weighted by atomic mass is 16.5. The van der Waals surface area contributed by atoms with E-state index >= 15 is 0 Å². The molecule has 4 heteroatoms. The summed E-state index contributed by atoms with van der Waals surface area (Å²) in [6, 6.07) is 15.9. The summed E-state index contributed by atoms with van der Waals surface area (Å²) < 4.78 is 5.00. The molecule has 0 fully saturated rings. The average molecular weight is 280 g/mol. The van der Waals surface area contributed by atoms with Crippen LogP contribution in [-0.4, -0.2) is 18.4 Å². The second kappa shape index (κ2) is 5.79. The Bertz CT molecular complexity index is 707. The van der Waals surface area contributed by atoms with Gasteiger partial charge in [-0.15, -0.1) is 0 Å². The quantitative estimate of drug-likeness (QED) is 0.871. The number of hydrogen-bond acceptors (Lipinski definition) is 4. The molecule has 1 aliphatic rings. The normalized spacial score (nSPS) is 12.3. The molecule has 0 saturated carbocycles. The SMILES string of the molecule is CCOC(=O)CC1=Nc2ccccc2-c2ccccc2N1. The molecule has 0 aromatic heterocycles. The molecule has 0 spiro atoms. The Balaban J connectivity index is 2.03. The Hall–Kier alpha value is -2.62. The number of fused-ring (bicyclic) bond motifs is 3. The molecule has 0 aliphatic carbocycles. The Morgan fingerprint density at radius 3 is 2.62 bits per heavy atom. The molecule has 0 atom stereocenters. The second-order valence-corrected chi connectivity index (χ2v) is 4.73. The molecule has 2 aromatic rings. The van der Waals surface area contributed by atoms with Gasteiger partial charge in [0.25, 0.3) is 0 Å². The van der Waals surface area contributed by atoms with E-state index in [2.05, 4.69) is 10.3 Å². The molecule has 21 heavy (non-hydrogen) atoms. The molecular formula is C17H16N2O2. The Kier molecular flexibility index (Phi) is 3.69. The van der Waals surface area contributed by atoms with Crippen molar-refractivity contribution in [3.8, 4) is 11.1 Å². The summed E-state index contributed by atoms with van der Waals surface area (Å²) in [4.78, 5) is 16.3. The van der Waals surface area contributed by atoms with Crippen molar-refractivity contribution in [2.45, 2.75) is 13.3 Å². The predicted octanol–water partition coefficient (Wildman–Crippen LogP) is 3.76. The van der Waals surface area contributed by atoms with E-state index in [1.165, 1.54) is 0 Å². The maximum atomic E-state index is 11.7. The number of carbonyl (C=O) groups excluding carboxylic acids is 1. The van der Waals surface area contributed by atoms with Gasteiger partial charge >= 0.3 is 5.97 Å². The topological polar surface area (TPSA) is 50.7 Å². The fourth-order valence-corrected chi connectivity index (χ4v) is 2.39. The maximum absolute atomic E-state index is 11.7. The first-order chi connectivity index (χ1) is 10.3. The van der Waals surface area contributed by atoms with Crippen LogP contribution in [0.2, 0.25) is 0 Å². The number of aliphatic imine (C=N–C) groups is 1. The number of nitrogens with one attached hydrogen (secondary N) is 1. The smallest absolute Gasteiger partial charge is 0.313 e. The predicted molar refractivity (Wildman–Crippen MR) is 83.8 cm³/mol. The highest BCUT2D eigenvalue weighted by Gasteiger charge is 2.17. The molecule has 2 aromatic carbocycles. The number of anilines is 1. The molecule has 106 valence electrons. The van der Waals surface area contributed by atoms with Gasteiger partial charge < -0.3 is 10.1 Å². The lowest BCUT2D eigenvalue weighted by Crippen LogP contribution is -2.18. The summed E-state index contributed by atoms with van der Waals surface area (Å²) >= 11 is 0. The van der Waals surface area contributed by atoms with E-state index in [0.29, 0.717) is 12.4 Å². The highest BCUT2D eigenvalue weighted by Crippen LogP contribution is 2.37. The molecule has 1 heterocycles. The summed E-state index contributed by atoms with van der Waals surface area (Å²) in [7, 11) is 0. The number of nitrogens with zero attached hydrogens (tertiary/aromatic N) is 1. The fraction of sp³-hybridized carbons (Fsp3) is 0.176. The minimum atomic E-state index is -0.277. The zero-order valence-corrected chi connectivity index (χ0v) is 11.8. The third-order valence-electron chi connectivity index (χ3n) is 3.27. The Labute approximate surface area is 123 Å². The van der Waals surface area contributed by atoms with Crippen molar-refractivity contribution in [2.24, 2.45) is 4.99 Å². The Morgan fingerprint density at radius 2 is 1.81 bits per heavy atom. The van der Waals surface area contributed by atoms with E-state index in [1.807, 2.05) is 48.5 Å². The second-order valence-electron chi connectivity index (χ2n) is 4.73. The van der Waals surface area contributed by atoms with Crippen LogP contribution in [0.15, 0.2) is 53.5 Å². The van der Waals surface area contributed by atoms with Gasteiger partial charge in [-0.3, -0.25) is 4.79 Å². The van der Waals surface area contributed by atoms with Crippen LogP contribution in [0.1, 0.15) is 13.3 Å². The third-order valence-corrected chi connectivity index (χ3v) is 3.27. The largest absolute Gasteiger partial charge is 0.466 e. The Morgan fingerprint density at radius 1 is 1.10 bits per heavy atom. The van der Waals surface area contributed by atoms with Crippen molar-refractivity contribution in [1.29, 1.82) is 0 Å². The molecule has 3 rings (SSSR count). The van der Waals surface area contributed by atoms with E-state index in [1.54, 1.807) is 6.92 Å². The lowest BCUT2D eigenvalue weighted by Gasteiger charge is -2.10. The van der Waals surface area contributed by atoms with Gasteiger partial charge in [0, 0.05) is 16.8 Å². The van der Waals surface area contributed by atoms with Gasteiger partial charge in [-0.05, 0) is 19.1 Å². The monoisotopic (exact) mass is 280 g/mol. The molecule has 0 saturated heterocycles. The van der Waals surface area contributed by atoms with Gasteiger partial charge in [-0.1, -0.05) is 36.4 Å². The van der Waals surface area contributed by atoms with Gasteiger partial charge in [0.1, 0.15) is 12.3 Å². The molecule has 0 unspecified atom stereocenters. The van der Waals surface area contributed by atoms with Crippen LogP contribution in [0.5, 0.6) is 0 Å². The lowest BCUT2D eigenvalue weighted by molar-refractivity contribution is -0.141. The van der Waals surface area contributed by atoms with Gasteiger partial charge in [-0.25, -0.2) is 4.99 Å². The van der Waals surface area contributed by atoms with Crippen molar-refractivity contribution in [3.63, 3.8) is 0 Å². The standard InChI is InChI=1S/C17H16N2O2/c1-2-21-17(20)11-16-18-14-9-5-3-7-12(14)13-8-4-6-10-15(13)19-16/h3-10H,2,11H2,1H3,(H,18,19). The number of esters is 1. The zero-order chi connectivity index (χ0) is 14.7. The van der Waals surface area contributed by atoms with E-state index in [-0.39, 0.29) is 12.4 Å². The van der Waals surface area contributed by atoms with Crippen molar-refractivity contribution >= 4 is 23.2 Å². The summed E-state index contributed by atoms with van der Waals surface area (Å²) in [5, 5.41) is 3.24. The molecule has 0 amide bonds. The van der Waals surface area contributed by atoms with E-state index in [9.17, 15) is 4.79 Å². The third kappa shape index (κ3) is 2.79. The van der Waals surface area contributed by atoms with Crippen LogP contribution in [0.3, 0.4) is 0 Å². The molecule has 0 bridgehead atoms. The molecule has 1 aliphatic heterocycles. The average Bonchev–Trinajstić information content (AvgIpc) is 2.63. The number of rotatable bonds is 3. The van der Waals surface area contributed by atoms with Crippen LogP contribution in [0, 0.1) is 0 Å². The van der Waals surface area contributed by atoms with E-state index in [0.717, 1.165) is 22.5 Å². The van der Waals surface area contributed by atoms with Gasteiger partial charge in [-0.2, -0.15) is 0 Å². The summed E-state index contributed by atoms with van der Waals surface area (Å²) in [6.45, 7) is 2.17. The van der Waals surface area contributed by atoms with Crippen LogP contribution in [-0.2, 0) is 9.53 Å². The van der Waals surface area contributed by atoms with Gasteiger partial charge in [0.15, 0.2) is 0 Å².